The third-order valence-electron chi connectivity index (χ3n) is 2.52. The number of hydrogen-bond donors (Lipinski definition) is 1. The van der Waals surface area contributed by atoms with Crippen molar-refractivity contribution in [1.29, 1.82) is 0 Å². The van der Waals surface area contributed by atoms with Crippen molar-refractivity contribution in [2.45, 2.75) is 46.1 Å². The monoisotopic (exact) mass is 209 g/mol. The molecule has 0 amide bonds. The lowest BCUT2D eigenvalue weighted by atomic mass is 9.98. The second kappa shape index (κ2) is 4.65. The van der Waals surface area contributed by atoms with Gasteiger partial charge >= 0.3 is 0 Å². The average molecular weight is 209 g/mol. The van der Waals surface area contributed by atoms with Crippen LogP contribution in [0.1, 0.15) is 39.2 Å². The minimum atomic E-state index is -0.145. The third-order valence-corrected chi connectivity index (χ3v) is 2.52. The van der Waals surface area contributed by atoms with Gasteiger partial charge in [0.1, 0.15) is 5.82 Å². The van der Waals surface area contributed by atoms with Gasteiger partial charge in [0.15, 0.2) is 0 Å². The van der Waals surface area contributed by atoms with Crippen molar-refractivity contribution in [3.63, 3.8) is 0 Å². The molecule has 15 heavy (non-hydrogen) atoms. The fraction of sp³-hybridized carbons (Fsp3) is 0.538. The number of rotatable bonds is 4. The molecule has 0 unspecified atom stereocenters. The van der Waals surface area contributed by atoms with Gasteiger partial charge in [-0.3, -0.25) is 0 Å². The molecule has 0 aliphatic rings. The average Bonchev–Trinajstić information content (AvgIpc) is 2.10. The van der Waals surface area contributed by atoms with Crippen LogP contribution in [0.25, 0.3) is 0 Å². The van der Waals surface area contributed by atoms with Gasteiger partial charge in [0.05, 0.1) is 0 Å². The Morgan fingerprint density at radius 2 is 2.00 bits per heavy atom. The molecule has 0 saturated heterocycles. The first-order valence-electron chi connectivity index (χ1n) is 5.49. The molecule has 1 nitrogen and oxygen atoms in total. The van der Waals surface area contributed by atoms with Crippen LogP contribution in [0.4, 0.5) is 10.1 Å². The van der Waals surface area contributed by atoms with Crippen molar-refractivity contribution in [2.24, 2.45) is 0 Å². The van der Waals surface area contributed by atoms with E-state index < -0.39 is 0 Å². The van der Waals surface area contributed by atoms with E-state index in [9.17, 15) is 4.39 Å². The predicted octanol–water partition coefficient (Wildman–Crippen LogP) is 4.12. The van der Waals surface area contributed by atoms with E-state index in [0.717, 1.165) is 18.5 Å². The molecule has 0 aromatic heterocycles. The summed E-state index contributed by atoms with van der Waals surface area (Å²) in [7, 11) is 0. The predicted molar refractivity (Wildman–Crippen MR) is 63.7 cm³/mol. The molecule has 1 aromatic rings. The second-order valence-corrected chi connectivity index (χ2v) is 4.72. The van der Waals surface area contributed by atoms with E-state index in [1.807, 2.05) is 6.07 Å². The molecule has 1 rings (SSSR count). The Labute approximate surface area is 91.7 Å². The van der Waals surface area contributed by atoms with Gasteiger partial charge in [-0.25, -0.2) is 4.39 Å². The van der Waals surface area contributed by atoms with E-state index >= 15 is 0 Å². The van der Waals surface area contributed by atoms with Gasteiger partial charge in [0.25, 0.3) is 0 Å². The molecule has 0 saturated carbocycles. The van der Waals surface area contributed by atoms with Crippen LogP contribution in [0.5, 0.6) is 0 Å². The number of benzene rings is 1. The van der Waals surface area contributed by atoms with Crippen LogP contribution < -0.4 is 5.32 Å². The maximum atomic E-state index is 13.1. The lowest BCUT2D eigenvalue weighted by Gasteiger charge is -2.27. The summed E-state index contributed by atoms with van der Waals surface area (Å²) in [5.41, 5.74) is 1.75. The molecular formula is C13H20FN. The van der Waals surface area contributed by atoms with Gasteiger partial charge in [-0.05, 0) is 51.0 Å². The topological polar surface area (TPSA) is 12.0 Å². The highest BCUT2D eigenvalue weighted by Crippen LogP contribution is 2.21. The summed E-state index contributed by atoms with van der Waals surface area (Å²) in [5, 5.41) is 3.42. The minimum Gasteiger partial charge on any atom is -0.380 e. The van der Waals surface area contributed by atoms with E-state index in [2.05, 4.69) is 26.1 Å². The van der Waals surface area contributed by atoms with Crippen molar-refractivity contribution in [3.05, 3.63) is 29.6 Å². The normalized spacial score (nSPS) is 11.5. The van der Waals surface area contributed by atoms with Gasteiger partial charge in [-0.15, -0.1) is 0 Å². The minimum absolute atomic E-state index is 0.0685. The van der Waals surface area contributed by atoms with Crippen LogP contribution in [0.15, 0.2) is 18.2 Å². The van der Waals surface area contributed by atoms with Crippen molar-refractivity contribution >= 4 is 5.69 Å². The number of hydrogen-bond acceptors (Lipinski definition) is 1. The van der Waals surface area contributed by atoms with E-state index in [1.54, 1.807) is 13.0 Å². The molecule has 0 radical (unpaired) electrons. The number of halogens is 1. The molecular weight excluding hydrogens is 189 g/mol. The van der Waals surface area contributed by atoms with Gasteiger partial charge < -0.3 is 5.32 Å². The quantitative estimate of drug-likeness (QED) is 0.786. The number of anilines is 1. The summed E-state index contributed by atoms with van der Waals surface area (Å²) < 4.78 is 13.1. The first-order chi connectivity index (χ1) is 6.94. The summed E-state index contributed by atoms with van der Waals surface area (Å²) in [6.07, 6.45) is 2.24. The smallest absolute Gasteiger partial charge is 0.126 e. The highest BCUT2D eigenvalue weighted by atomic mass is 19.1. The molecule has 1 N–H and O–H groups in total. The second-order valence-electron chi connectivity index (χ2n) is 4.72. The first kappa shape index (κ1) is 12.0. The summed E-state index contributed by atoms with van der Waals surface area (Å²) in [5.74, 6) is -0.145. The molecule has 2 heteroatoms. The largest absolute Gasteiger partial charge is 0.380 e. The number of aryl methyl sites for hydroxylation is 1. The molecule has 0 bridgehead atoms. The summed E-state index contributed by atoms with van der Waals surface area (Å²) in [6.45, 7) is 8.27. The zero-order valence-corrected chi connectivity index (χ0v) is 10.0. The van der Waals surface area contributed by atoms with Crippen molar-refractivity contribution in [2.75, 3.05) is 5.32 Å². The Kier molecular flexibility index (Phi) is 3.72. The Balaban J connectivity index is 2.76. The van der Waals surface area contributed by atoms with Crippen LogP contribution in [-0.2, 0) is 0 Å². The highest BCUT2D eigenvalue weighted by Gasteiger charge is 2.15. The van der Waals surface area contributed by atoms with Crippen LogP contribution in [0.2, 0.25) is 0 Å². The van der Waals surface area contributed by atoms with Crippen LogP contribution >= 0.6 is 0 Å². The van der Waals surface area contributed by atoms with Crippen molar-refractivity contribution < 1.29 is 4.39 Å². The van der Waals surface area contributed by atoms with Crippen molar-refractivity contribution in [1.82, 2.24) is 0 Å². The highest BCUT2D eigenvalue weighted by molar-refractivity contribution is 5.47. The molecule has 0 heterocycles. The fourth-order valence-corrected chi connectivity index (χ4v) is 1.80. The molecule has 1 aromatic carbocycles. The van der Waals surface area contributed by atoms with E-state index in [-0.39, 0.29) is 11.4 Å². The SMILES string of the molecule is CCCC(C)(C)Nc1ccc(F)c(C)c1. The summed E-state index contributed by atoms with van der Waals surface area (Å²) in [4.78, 5) is 0. The maximum Gasteiger partial charge on any atom is 0.126 e. The van der Waals surface area contributed by atoms with Gasteiger partial charge in [-0.1, -0.05) is 13.3 Å². The molecule has 0 spiro atoms. The van der Waals surface area contributed by atoms with Crippen molar-refractivity contribution in [3.8, 4) is 0 Å². The van der Waals surface area contributed by atoms with Crippen LogP contribution in [0, 0.1) is 12.7 Å². The standard InChI is InChI=1S/C13H20FN/c1-5-8-13(3,4)15-11-6-7-12(14)10(2)9-11/h6-7,9,15H,5,8H2,1-4H3. The Morgan fingerprint density at radius 1 is 1.33 bits per heavy atom. The van der Waals surface area contributed by atoms with E-state index in [0.29, 0.717) is 5.56 Å². The van der Waals surface area contributed by atoms with Gasteiger partial charge in [0.2, 0.25) is 0 Å². The molecule has 0 aliphatic carbocycles. The van der Waals surface area contributed by atoms with Crippen LogP contribution in [-0.4, -0.2) is 5.54 Å². The lowest BCUT2D eigenvalue weighted by Crippen LogP contribution is -2.30. The maximum absolute atomic E-state index is 13.1. The summed E-state index contributed by atoms with van der Waals surface area (Å²) >= 11 is 0. The zero-order chi connectivity index (χ0) is 11.5. The lowest BCUT2D eigenvalue weighted by molar-refractivity contribution is 0.510. The third kappa shape index (κ3) is 3.54. The molecule has 0 atom stereocenters. The Hall–Kier alpha value is -1.05. The molecule has 0 fully saturated rings. The molecule has 84 valence electrons. The Morgan fingerprint density at radius 3 is 2.53 bits per heavy atom. The van der Waals surface area contributed by atoms with Gasteiger partial charge in [-0.2, -0.15) is 0 Å². The zero-order valence-electron chi connectivity index (χ0n) is 10.0. The Bertz CT molecular complexity index is 331. The fourth-order valence-electron chi connectivity index (χ4n) is 1.80. The number of nitrogens with one attached hydrogen (secondary N) is 1. The summed E-state index contributed by atoms with van der Waals surface area (Å²) in [6, 6.07) is 5.16. The van der Waals surface area contributed by atoms with Gasteiger partial charge in [0, 0.05) is 11.2 Å². The van der Waals surface area contributed by atoms with E-state index in [1.165, 1.54) is 6.07 Å². The van der Waals surface area contributed by atoms with E-state index in [4.69, 9.17) is 0 Å². The van der Waals surface area contributed by atoms with Crippen LogP contribution in [0.3, 0.4) is 0 Å². The molecule has 0 aliphatic heterocycles. The first-order valence-corrected chi connectivity index (χ1v) is 5.49.